The van der Waals surface area contributed by atoms with Gasteiger partial charge in [0.1, 0.15) is 5.76 Å². The van der Waals surface area contributed by atoms with Crippen LogP contribution in [0.3, 0.4) is 0 Å². The number of rotatable bonds is 6. The highest BCUT2D eigenvalue weighted by Gasteiger charge is 2.25. The van der Waals surface area contributed by atoms with Crippen LogP contribution in [0.4, 0.5) is 5.69 Å². The number of anilines is 1. The normalized spacial score (nSPS) is 13.4. The largest absolute Gasteiger partial charge is 0.440 e. The Bertz CT molecular complexity index is 974. The zero-order chi connectivity index (χ0) is 18.8. The number of hydrogen-bond donors (Lipinski definition) is 2. The summed E-state index contributed by atoms with van der Waals surface area (Å²) in [5.41, 5.74) is 1.56. The molecule has 1 aromatic carbocycles. The number of hydrogen-bond acceptors (Lipinski definition) is 5. The Morgan fingerprint density at radius 3 is 2.78 bits per heavy atom. The smallest absolute Gasteiger partial charge is 0.253 e. The Morgan fingerprint density at radius 2 is 2.04 bits per heavy atom. The summed E-state index contributed by atoms with van der Waals surface area (Å²) in [7, 11) is 0. The van der Waals surface area contributed by atoms with Gasteiger partial charge in [-0.05, 0) is 43.3 Å². The van der Waals surface area contributed by atoms with Crippen LogP contribution in [-0.2, 0) is 11.2 Å². The van der Waals surface area contributed by atoms with Crippen LogP contribution >= 0.6 is 11.3 Å². The SMILES string of the molecule is Cc1oc(-c2cccs2)nc1CC(=O)Nc1ccccc1C(=O)NC1CC1. The zero-order valence-corrected chi connectivity index (χ0v) is 15.6. The van der Waals surface area contributed by atoms with E-state index in [1.807, 2.05) is 17.5 Å². The fraction of sp³-hybridized carbons (Fsp3) is 0.250. The monoisotopic (exact) mass is 381 g/mol. The van der Waals surface area contributed by atoms with Gasteiger partial charge in [-0.15, -0.1) is 11.3 Å². The fourth-order valence-corrected chi connectivity index (χ4v) is 3.37. The molecule has 1 saturated carbocycles. The quantitative estimate of drug-likeness (QED) is 0.680. The molecule has 0 aliphatic heterocycles. The molecule has 1 aliphatic rings. The molecular weight excluding hydrogens is 362 g/mol. The highest BCUT2D eigenvalue weighted by Crippen LogP contribution is 2.26. The molecule has 0 spiro atoms. The second-order valence-electron chi connectivity index (χ2n) is 6.52. The number of carbonyl (C=O) groups excluding carboxylic acids is 2. The summed E-state index contributed by atoms with van der Waals surface area (Å²) in [4.78, 5) is 30.2. The van der Waals surface area contributed by atoms with Gasteiger partial charge in [-0.2, -0.15) is 0 Å². The van der Waals surface area contributed by atoms with E-state index < -0.39 is 0 Å². The van der Waals surface area contributed by atoms with Gasteiger partial charge in [-0.1, -0.05) is 18.2 Å². The van der Waals surface area contributed by atoms with Crippen molar-refractivity contribution in [2.75, 3.05) is 5.32 Å². The average molecular weight is 381 g/mol. The Hall–Kier alpha value is -2.93. The van der Waals surface area contributed by atoms with Gasteiger partial charge in [0.2, 0.25) is 11.8 Å². The summed E-state index contributed by atoms with van der Waals surface area (Å²) < 4.78 is 5.68. The minimum absolute atomic E-state index is 0.0826. The molecule has 0 atom stereocenters. The van der Waals surface area contributed by atoms with Crippen molar-refractivity contribution in [3.63, 3.8) is 0 Å². The van der Waals surface area contributed by atoms with Crippen LogP contribution in [-0.4, -0.2) is 22.8 Å². The molecule has 0 saturated heterocycles. The molecule has 7 heteroatoms. The molecular formula is C20H19N3O3S. The lowest BCUT2D eigenvalue weighted by molar-refractivity contribution is -0.115. The van der Waals surface area contributed by atoms with Crippen LogP contribution in [0.2, 0.25) is 0 Å². The van der Waals surface area contributed by atoms with Gasteiger partial charge in [-0.25, -0.2) is 4.98 Å². The van der Waals surface area contributed by atoms with Crippen molar-refractivity contribution in [1.29, 1.82) is 0 Å². The van der Waals surface area contributed by atoms with Crippen molar-refractivity contribution in [2.45, 2.75) is 32.2 Å². The summed E-state index contributed by atoms with van der Waals surface area (Å²) in [5, 5.41) is 7.72. The molecule has 1 aliphatic carbocycles. The maximum Gasteiger partial charge on any atom is 0.253 e. The van der Waals surface area contributed by atoms with Gasteiger partial charge in [0, 0.05) is 6.04 Å². The predicted molar refractivity (Wildman–Crippen MR) is 104 cm³/mol. The highest BCUT2D eigenvalue weighted by molar-refractivity contribution is 7.13. The van der Waals surface area contributed by atoms with Crippen molar-refractivity contribution in [3.05, 3.63) is 58.8 Å². The average Bonchev–Trinajstić information content (AvgIpc) is 3.15. The second-order valence-corrected chi connectivity index (χ2v) is 7.47. The van der Waals surface area contributed by atoms with Gasteiger partial charge in [0.05, 0.1) is 28.2 Å². The Labute approximate surface area is 160 Å². The molecule has 0 unspecified atom stereocenters. The van der Waals surface area contributed by atoms with Gasteiger partial charge >= 0.3 is 0 Å². The molecule has 0 radical (unpaired) electrons. The third-order valence-electron chi connectivity index (χ3n) is 4.31. The molecule has 6 nitrogen and oxygen atoms in total. The van der Waals surface area contributed by atoms with E-state index in [1.165, 1.54) is 11.3 Å². The number of carbonyl (C=O) groups is 2. The van der Waals surface area contributed by atoms with E-state index in [2.05, 4.69) is 15.6 Å². The summed E-state index contributed by atoms with van der Waals surface area (Å²) in [6.45, 7) is 1.80. The number of para-hydroxylation sites is 1. The summed E-state index contributed by atoms with van der Waals surface area (Å²) in [6, 6.07) is 11.1. The molecule has 138 valence electrons. The third kappa shape index (κ3) is 4.09. The topological polar surface area (TPSA) is 84.2 Å². The molecule has 2 amide bonds. The number of oxazole rings is 1. The van der Waals surface area contributed by atoms with Crippen LogP contribution in [0.1, 0.15) is 34.7 Å². The van der Waals surface area contributed by atoms with Crippen LogP contribution < -0.4 is 10.6 Å². The molecule has 3 aromatic rings. The number of nitrogens with zero attached hydrogens (tertiary/aromatic N) is 1. The van der Waals surface area contributed by atoms with Crippen LogP contribution in [0.15, 0.2) is 46.2 Å². The van der Waals surface area contributed by atoms with E-state index in [-0.39, 0.29) is 24.3 Å². The number of amides is 2. The first-order chi connectivity index (χ1) is 13.1. The van der Waals surface area contributed by atoms with Gasteiger partial charge < -0.3 is 15.1 Å². The lowest BCUT2D eigenvalue weighted by Crippen LogP contribution is -2.27. The highest BCUT2D eigenvalue weighted by atomic mass is 32.1. The van der Waals surface area contributed by atoms with Gasteiger partial charge in [0.25, 0.3) is 5.91 Å². The lowest BCUT2D eigenvalue weighted by atomic mass is 10.1. The Balaban J connectivity index is 1.46. The van der Waals surface area contributed by atoms with Crippen LogP contribution in [0.25, 0.3) is 10.8 Å². The van der Waals surface area contributed by atoms with Gasteiger partial charge in [0.15, 0.2) is 0 Å². The number of thiophene rings is 1. The van der Waals surface area contributed by atoms with Crippen LogP contribution in [0.5, 0.6) is 0 Å². The molecule has 27 heavy (non-hydrogen) atoms. The first-order valence-corrected chi connectivity index (χ1v) is 9.68. The van der Waals surface area contributed by atoms with Crippen molar-refractivity contribution in [3.8, 4) is 10.8 Å². The molecule has 2 N–H and O–H groups in total. The molecule has 1 fully saturated rings. The lowest BCUT2D eigenvalue weighted by Gasteiger charge is -2.10. The number of benzene rings is 1. The summed E-state index contributed by atoms with van der Waals surface area (Å²) in [5.74, 6) is 0.740. The number of nitrogens with one attached hydrogen (secondary N) is 2. The van der Waals surface area contributed by atoms with Crippen LogP contribution in [0, 0.1) is 6.92 Å². The van der Waals surface area contributed by atoms with E-state index in [9.17, 15) is 9.59 Å². The Morgan fingerprint density at radius 1 is 1.22 bits per heavy atom. The summed E-state index contributed by atoms with van der Waals surface area (Å²) in [6.07, 6.45) is 2.11. The van der Waals surface area contributed by atoms with E-state index in [1.54, 1.807) is 31.2 Å². The fourth-order valence-electron chi connectivity index (χ4n) is 2.73. The zero-order valence-electron chi connectivity index (χ0n) is 14.8. The standard InChI is InChI=1S/C20H19N3O3S/c1-12-16(23-20(26-12)17-7-4-10-27-17)11-18(24)22-15-6-3-2-5-14(15)19(25)21-13-8-9-13/h2-7,10,13H,8-9,11H2,1H3,(H,21,25)(H,22,24). The third-order valence-corrected chi connectivity index (χ3v) is 5.17. The molecule has 0 bridgehead atoms. The number of aromatic nitrogens is 1. The summed E-state index contributed by atoms with van der Waals surface area (Å²) >= 11 is 1.53. The first kappa shape index (κ1) is 17.5. The molecule has 4 rings (SSSR count). The van der Waals surface area contributed by atoms with E-state index >= 15 is 0 Å². The molecule has 2 heterocycles. The molecule has 2 aromatic heterocycles. The maximum absolute atomic E-state index is 12.5. The number of aryl methyl sites for hydroxylation is 1. The van der Waals surface area contributed by atoms with Crippen molar-refractivity contribution < 1.29 is 14.0 Å². The van der Waals surface area contributed by atoms with Crippen molar-refractivity contribution >= 4 is 28.8 Å². The minimum Gasteiger partial charge on any atom is -0.440 e. The van der Waals surface area contributed by atoms with E-state index in [0.29, 0.717) is 28.6 Å². The van der Waals surface area contributed by atoms with Gasteiger partial charge in [-0.3, -0.25) is 9.59 Å². The van der Waals surface area contributed by atoms with E-state index in [4.69, 9.17) is 4.42 Å². The first-order valence-electron chi connectivity index (χ1n) is 8.80. The Kier molecular flexibility index (Phi) is 4.77. The van der Waals surface area contributed by atoms with Crippen molar-refractivity contribution in [2.24, 2.45) is 0 Å². The maximum atomic E-state index is 12.5. The van der Waals surface area contributed by atoms with Crippen molar-refractivity contribution in [1.82, 2.24) is 10.3 Å². The second kappa shape index (κ2) is 7.36. The predicted octanol–water partition coefficient (Wildman–Crippen LogP) is 3.78. The van der Waals surface area contributed by atoms with E-state index in [0.717, 1.165) is 17.7 Å². The minimum atomic E-state index is -0.240.